The molecule has 10 heteroatoms. The molecule has 0 N–H and O–H groups in total. The predicted molar refractivity (Wildman–Crippen MR) is 160 cm³/mol. The number of piperazine rings is 1. The van der Waals surface area contributed by atoms with Gasteiger partial charge in [-0.25, -0.2) is 4.39 Å². The topological polar surface area (TPSA) is 88.8 Å². The molecule has 218 valence electrons. The molecule has 3 aliphatic rings. The molecule has 1 amide bonds. The van der Waals surface area contributed by atoms with Crippen LogP contribution >= 0.6 is 0 Å². The van der Waals surface area contributed by atoms with Crippen LogP contribution in [0, 0.1) is 17.1 Å². The number of aromatic nitrogens is 2. The maximum Gasteiger partial charge on any atom is 0.318 e. The number of halogens is 1. The SMILES string of the molecule is C=CC(=O)N1CCN(c2nc(OC[C@@H]3CCCN3C)nc3c2CCN(c2cccc4c(F)cccc24)C3)CC1CC#N. The fourth-order valence-corrected chi connectivity index (χ4v) is 6.55. The van der Waals surface area contributed by atoms with Crippen molar-refractivity contribution in [1.82, 2.24) is 19.8 Å². The van der Waals surface area contributed by atoms with Gasteiger partial charge in [-0.2, -0.15) is 15.2 Å². The summed E-state index contributed by atoms with van der Waals surface area (Å²) in [6, 6.07) is 13.6. The molecule has 4 heterocycles. The van der Waals surface area contributed by atoms with Crippen molar-refractivity contribution in [3.8, 4) is 12.1 Å². The van der Waals surface area contributed by atoms with Crippen LogP contribution in [0.2, 0.25) is 0 Å². The van der Waals surface area contributed by atoms with E-state index in [1.165, 1.54) is 12.1 Å². The van der Waals surface area contributed by atoms with Crippen molar-refractivity contribution in [1.29, 1.82) is 5.26 Å². The second-order valence-corrected chi connectivity index (χ2v) is 11.3. The van der Waals surface area contributed by atoms with Gasteiger partial charge in [0.25, 0.3) is 0 Å². The number of carbonyl (C=O) groups is 1. The van der Waals surface area contributed by atoms with Crippen LogP contribution in [0.5, 0.6) is 6.01 Å². The maximum atomic E-state index is 14.6. The summed E-state index contributed by atoms with van der Waals surface area (Å²) in [5.41, 5.74) is 2.91. The van der Waals surface area contributed by atoms with Gasteiger partial charge in [0, 0.05) is 54.2 Å². The van der Waals surface area contributed by atoms with Gasteiger partial charge in [-0.3, -0.25) is 4.79 Å². The standard InChI is InChI=1S/C32H36FN7O2/c1-3-30(41)40-18-17-39(19-22(40)12-14-34)31-26-13-16-38(29-11-5-8-24-25(29)9-4-10-27(24)33)20-28(26)35-32(36-31)42-21-23-7-6-15-37(23)2/h3-5,8-11,22-23H,1,6-7,12-13,15-21H2,2H3/t22?,23-/m0/s1. The third-order valence-electron chi connectivity index (χ3n) is 8.85. The largest absolute Gasteiger partial charge is 0.462 e. The summed E-state index contributed by atoms with van der Waals surface area (Å²) in [6.45, 7) is 8.03. The van der Waals surface area contributed by atoms with Crippen LogP contribution in [0.4, 0.5) is 15.9 Å². The molecule has 0 aliphatic carbocycles. The van der Waals surface area contributed by atoms with Crippen LogP contribution < -0.4 is 14.5 Å². The molecule has 0 radical (unpaired) electrons. The first-order valence-corrected chi connectivity index (χ1v) is 14.7. The van der Waals surface area contributed by atoms with Gasteiger partial charge < -0.3 is 24.3 Å². The number of benzene rings is 2. The number of likely N-dealkylation sites (tertiary alicyclic amines) is 1. The first-order chi connectivity index (χ1) is 20.5. The molecule has 0 saturated carbocycles. The van der Waals surface area contributed by atoms with E-state index >= 15 is 0 Å². The number of likely N-dealkylation sites (N-methyl/N-ethyl adjacent to an activating group) is 1. The lowest BCUT2D eigenvalue weighted by molar-refractivity contribution is -0.128. The van der Waals surface area contributed by atoms with Gasteiger partial charge in [0.05, 0.1) is 30.8 Å². The average Bonchev–Trinajstić information content (AvgIpc) is 3.43. The maximum absolute atomic E-state index is 14.6. The van der Waals surface area contributed by atoms with Gasteiger partial charge in [0.1, 0.15) is 18.2 Å². The molecule has 1 unspecified atom stereocenters. The summed E-state index contributed by atoms with van der Waals surface area (Å²) in [6.07, 6.45) is 4.47. The van der Waals surface area contributed by atoms with Crippen LogP contribution in [0.15, 0.2) is 49.1 Å². The zero-order valence-corrected chi connectivity index (χ0v) is 24.0. The predicted octanol–water partition coefficient (Wildman–Crippen LogP) is 3.92. The number of carbonyl (C=O) groups excluding carboxylic acids is 1. The molecule has 42 heavy (non-hydrogen) atoms. The molecular weight excluding hydrogens is 533 g/mol. The van der Waals surface area contributed by atoms with Crippen molar-refractivity contribution in [2.45, 2.75) is 44.3 Å². The summed E-state index contributed by atoms with van der Waals surface area (Å²) in [7, 11) is 2.12. The lowest BCUT2D eigenvalue weighted by Crippen LogP contribution is -2.55. The van der Waals surface area contributed by atoms with E-state index in [2.05, 4.69) is 34.4 Å². The molecule has 2 saturated heterocycles. The molecule has 9 nitrogen and oxygen atoms in total. The average molecular weight is 570 g/mol. The second-order valence-electron chi connectivity index (χ2n) is 11.3. The van der Waals surface area contributed by atoms with Crippen LogP contribution in [0.3, 0.4) is 0 Å². The Labute approximate surface area is 245 Å². The van der Waals surface area contributed by atoms with E-state index in [0.717, 1.165) is 54.1 Å². The highest BCUT2D eigenvalue weighted by atomic mass is 19.1. The highest BCUT2D eigenvalue weighted by Crippen LogP contribution is 2.35. The zero-order valence-electron chi connectivity index (χ0n) is 24.0. The fraction of sp³-hybridized carbons (Fsp3) is 0.438. The van der Waals surface area contributed by atoms with Gasteiger partial charge in [-0.05, 0) is 51.1 Å². The number of hydrogen-bond acceptors (Lipinski definition) is 8. The lowest BCUT2D eigenvalue weighted by atomic mass is 10.0. The van der Waals surface area contributed by atoms with E-state index in [0.29, 0.717) is 56.6 Å². The van der Waals surface area contributed by atoms with E-state index in [1.807, 2.05) is 24.3 Å². The molecule has 0 bridgehead atoms. The molecule has 3 aliphatic heterocycles. The first-order valence-electron chi connectivity index (χ1n) is 14.7. The van der Waals surface area contributed by atoms with Crippen molar-refractivity contribution in [3.05, 3.63) is 66.1 Å². The Kier molecular flexibility index (Phi) is 7.94. The van der Waals surface area contributed by atoms with E-state index in [-0.39, 0.29) is 24.2 Å². The Morgan fingerprint density at radius 2 is 1.95 bits per heavy atom. The van der Waals surface area contributed by atoms with Gasteiger partial charge in [0.15, 0.2) is 0 Å². The summed E-state index contributed by atoms with van der Waals surface area (Å²) in [4.78, 5) is 30.8. The Balaban J connectivity index is 1.33. The van der Waals surface area contributed by atoms with Crippen LogP contribution in [0.1, 0.15) is 30.5 Å². The van der Waals surface area contributed by atoms with Crippen LogP contribution in [-0.4, -0.2) is 84.1 Å². The zero-order chi connectivity index (χ0) is 29.2. The summed E-state index contributed by atoms with van der Waals surface area (Å²) < 4.78 is 20.8. The first kappa shape index (κ1) is 27.9. The number of amides is 1. The number of hydrogen-bond donors (Lipinski definition) is 0. The highest BCUT2D eigenvalue weighted by molar-refractivity contribution is 5.94. The lowest BCUT2D eigenvalue weighted by Gasteiger charge is -2.42. The molecule has 6 rings (SSSR count). The van der Waals surface area contributed by atoms with E-state index in [4.69, 9.17) is 14.7 Å². The Bertz CT molecular complexity index is 1540. The number of rotatable bonds is 7. The third kappa shape index (κ3) is 5.37. The summed E-state index contributed by atoms with van der Waals surface area (Å²) in [5.74, 6) is 0.420. The van der Waals surface area contributed by atoms with Gasteiger partial charge in [-0.1, -0.05) is 30.8 Å². The molecule has 2 atom stereocenters. The summed E-state index contributed by atoms with van der Waals surface area (Å²) in [5, 5.41) is 11.0. The smallest absolute Gasteiger partial charge is 0.318 e. The number of ether oxygens (including phenoxy) is 1. The van der Waals surface area contributed by atoms with E-state index in [9.17, 15) is 14.4 Å². The minimum atomic E-state index is -0.262. The van der Waals surface area contributed by atoms with E-state index < -0.39 is 0 Å². The van der Waals surface area contributed by atoms with Crippen molar-refractivity contribution in [3.63, 3.8) is 0 Å². The molecular formula is C32H36FN7O2. The number of nitriles is 1. The van der Waals surface area contributed by atoms with Crippen LogP contribution in [0.25, 0.3) is 10.8 Å². The molecule has 0 spiro atoms. The number of fused-ring (bicyclic) bond motifs is 2. The fourth-order valence-electron chi connectivity index (χ4n) is 6.55. The third-order valence-corrected chi connectivity index (χ3v) is 8.85. The van der Waals surface area contributed by atoms with Crippen LogP contribution in [-0.2, 0) is 17.8 Å². The molecule has 3 aromatic rings. The quantitative estimate of drug-likeness (QED) is 0.396. The Morgan fingerprint density at radius 1 is 1.12 bits per heavy atom. The summed E-state index contributed by atoms with van der Waals surface area (Å²) >= 11 is 0. The van der Waals surface area contributed by atoms with Crippen molar-refractivity contribution < 1.29 is 13.9 Å². The Morgan fingerprint density at radius 3 is 2.74 bits per heavy atom. The van der Waals surface area contributed by atoms with E-state index in [1.54, 1.807) is 11.0 Å². The van der Waals surface area contributed by atoms with Gasteiger partial charge in [-0.15, -0.1) is 0 Å². The minimum absolute atomic E-state index is 0.161. The minimum Gasteiger partial charge on any atom is -0.462 e. The second kappa shape index (κ2) is 11.9. The normalized spacial score (nSPS) is 20.8. The van der Waals surface area contributed by atoms with Crippen molar-refractivity contribution in [2.75, 3.05) is 56.2 Å². The van der Waals surface area contributed by atoms with Gasteiger partial charge >= 0.3 is 6.01 Å². The molecule has 1 aromatic heterocycles. The molecule has 2 aromatic carbocycles. The number of nitrogens with zero attached hydrogens (tertiary/aromatic N) is 7. The number of anilines is 2. The van der Waals surface area contributed by atoms with Gasteiger partial charge in [0.2, 0.25) is 5.91 Å². The van der Waals surface area contributed by atoms with Crippen molar-refractivity contribution >= 4 is 28.2 Å². The highest BCUT2D eigenvalue weighted by Gasteiger charge is 2.33. The molecule has 2 fully saturated rings. The monoisotopic (exact) mass is 569 g/mol. The van der Waals surface area contributed by atoms with Crippen molar-refractivity contribution in [2.24, 2.45) is 0 Å². The Hall–Kier alpha value is -4.23.